The molecular formula is C20H20F5N3O3. The molecule has 0 saturated carbocycles. The third-order valence-electron chi connectivity index (χ3n) is 4.51. The second-order valence-electron chi connectivity index (χ2n) is 7.26. The van der Waals surface area contributed by atoms with Crippen LogP contribution in [0, 0.1) is 23.7 Å². The zero-order valence-corrected chi connectivity index (χ0v) is 17.2. The molecule has 11 heteroatoms. The minimum atomic E-state index is -4.52. The van der Waals surface area contributed by atoms with Crippen molar-refractivity contribution in [3.63, 3.8) is 0 Å². The van der Waals surface area contributed by atoms with Gasteiger partial charge in [-0.2, -0.15) is 27.2 Å². The average molecular weight is 445 g/mol. The number of nitrogens with zero attached hydrogens (tertiary/aromatic N) is 3. The smallest absolute Gasteiger partial charge is 0.394 e. The standard InChI is InChI=1S/C20H20F5N3O3/c1-5-30-17(29)16-14(10-26)28(11(2)27-16)13-7-6-12(8-15(13)31-18(21)22)9-19(3,4)20(23,24)25/h6-8,18H,5,9H2,1-4H3. The van der Waals surface area contributed by atoms with E-state index in [1.54, 1.807) is 13.0 Å². The van der Waals surface area contributed by atoms with Gasteiger partial charge in [-0.15, -0.1) is 0 Å². The van der Waals surface area contributed by atoms with Gasteiger partial charge in [-0.25, -0.2) is 9.78 Å². The van der Waals surface area contributed by atoms with Gasteiger partial charge in [0.15, 0.2) is 11.4 Å². The van der Waals surface area contributed by atoms with Crippen LogP contribution in [-0.2, 0) is 11.2 Å². The number of esters is 1. The monoisotopic (exact) mass is 445 g/mol. The first kappa shape index (κ1) is 24.1. The van der Waals surface area contributed by atoms with E-state index in [4.69, 9.17) is 4.74 Å². The second-order valence-corrected chi connectivity index (χ2v) is 7.26. The molecule has 0 aliphatic heterocycles. The third-order valence-corrected chi connectivity index (χ3v) is 4.51. The normalized spacial score (nSPS) is 12.0. The largest absolute Gasteiger partial charge is 0.461 e. The number of carbonyl (C=O) groups excluding carboxylic acids is 1. The van der Waals surface area contributed by atoms with Crippen LogP contribution in [0.1, 0.15) is 48.3 Å². The van der Waals surface area contributed by atoms with Gasteiger partial charge in [-0.05, 0) is 38.0 Å². The summed E-state index contributed by atoms with van der Waals surface area (Å²) in [4.78, 5) is 16.1. The van der Waals surface area contributed by atoms with Gasteiger partial charge in [0.25, 0.3) is 0 Å². The van der Waals surface area contributed by atoms with E-state index in [1.165, 1.54) is 19.1 Å². The summed E-state index contributed by atoms with van der Waals surface area (Å²) >= 11 is 0. The Balaban J connectivity index is 2.62. The molecule has 0 atom stereocenters. The highest BCUT2D eigenvalue weighted by Crippen LogP contribution is 2.41. The molecular weight excluding hydrogens is 425 g/mol. The van der Waals surface area contributed by atoms with E-state index in [9.17, 15) is 32.0 Å². The van der Waals surface area contributed by atoms with Crippen molar-refractivity contribution in [3.05, 3.63) is 41.0 Å². The lowest BCUT2D eigenvalue weighted by molar-refractivity contribution is -0.211. The zero-order valence-electron chi connectivity index (χ0n) is 17.2. The van der Waals surface area contributed by atoms with Crippen molar-refractivity contribution in [2.75, 3.05) is 6.61 Å². The van der Waals surface area contributed by atoms with Gasteiger partial charge in [0.05, 0.1) is 17.7 Å². The molecule has 1 aromatic heterocycles. The second kappa shape index (κ2) is 8.91. The van der Waals surface area contributed by atoms with Crippen LogP contribution in [0.25, 0.3) is 5.69 Å². The summed E-state index contributed by atoms with van der Waals surface area (Å²) in [6.07, 6.45) is -5.00. The molecule has 0 amide bonds. The number of aromatic nitrogens is 2. The SMILES string of the molecule is CCOC(=O)c1nc(C)n(-c2ccc(CC(C)(C)C(F)(F)F)cc2OC(F)F)c1C#N. The van der Waals surface area contributed by atoms with Gasteiger partial charge in [0.1, 0.15) is 17.6 Å². The Morgan fingerprint density at radius 3 is 2.45 bits per heavy atom. The topological polar surface area (TPSA) is 77.1 Å². The number of hydrogen-bond donors (Lipinski definition) is 0. The summed E-state index contributed by atoms with van der Waals surface area (Å²) in [5, 5.41) is 9.53. The van der Waals surface area contributed by atoms with Crippen LogP contribution < -0.4 is 4.74 Å². The molecule has 1 heterocycles. The van der Waals surface area contributed by atoms with Gasteiger partial charge in [-0.3, -0.25) is 4.57 Å². The predicted octanol–water partition coefficient (Wildman–Crippen LogP) is 4.96. The molecule has 2 rings (SSSR count). The fourth-order valence-electron chi connectivity index (χ4n) is 2.93. The number of halogens is 5. The van der Waals surface area contributed by atoms with Gasteiger partial charge in [0.2, 0.25) is 0 Å². The van der Waals surface area contributed by atoms with Gasteiger partial charge in [0, 0.05) is 0 Å². The van der Waals surface area contributed by atoms with Crippen molar-refractivity contribution in [2.24, 2.45) is 5.41 Å². The van der Waals surface area contributed by atoms with E-state index >= 15 is 0 Å². The average Bonchev–Trinajstić information content (AvgIpc) is 2.97. The molecule has 0 aliphatic carbocycles. The van der Waals surface area contributed by atoms with E-state index in [1.807, 2.05) is 0 Å². The lowest BCUT2D eigenvalue weighted by Gasteiger charge is -2.28. The Bertz CT molecular complexity index is 1010. The van der Waals surface area contributed by atoms with Crippen molar-refractivity contribution < 1.29 is 36.2 Å². The van der Waals surface area contributed by atoms with Crippen LogP contribution in [0.2, 0.25) is 0 Å². The molecule has 0 N–H and O–H groups in total. The molecule has 0 radical (unpaired) electrons. The van der Waals surface area contributed by atoms with E-state index in [-0.39, 0.29) is 35.1 Å². The number of ether oxygens (including phenoxy) is 2. The summed E-state index contributed by atoms with van der Waals surface area (Å²) < 4.78 is 76.2. The van der Waals surface area contributed by atoms with Crippen LogP contribution in [0.5, 0.6) is 5.75 Å². The number of imidazole rings is 1. The number of aryl methyl sites for hydroxylation is 1. The van der Waals surface area contributed by atoms with Crippen LogP contribution >= 0.6 is 0 Å². The summed E-state index contributed by atoms with van der Waals surface area (Å²) in [5.41, 5.74) is -2.68. The first-order chi connectivity index (χ1) is 14.3. The molecule has 168 valence electrons. The quantitative estimate of drug-likeness (QED) is 0.445. The maximum Gasteiger partial charge on any atom is 0.394 e. The summed E-state index contributed by atoms with van der Waals surface area (Å²) in [7, 11) is 0. The van der Waals surface area contributed by atoms with Crippen LogP contribution in [0.3, 0.4) is 0 Å². The Labute approximate surface area is 175 Å². The number of rotatable bonds is 7. The van der Waals surface area contributed by atoms with Crippen LogP contribution in [0.4, 0.5) is 22.0 Å². The summed E-state index contributed by atoms with van der Waals surface area (Å²) in [6.45, 7) is 1.73. The zero-order chi connectivity index (χ0) is 23.6. The molecule has 0 spiro atoms. The summed E-state index contributed by atoms with van der Waals surface area (Å²) in [6, 6.07) is 5.39. The molecule has 0 saturated heterocycles. The van der Waals surface area contributed by atoms with Crippen molar-refractivity contribution in [3.8, 4) is 17.5 Å². The van der Waals surface area contributed by atoms with Crippen molar-refractivity contribution in [1.29, 1.82) is 5.26 Å². The highest BCUT2D eigenvalue weighted by atomic mass is 19.4. The van der Waals surface area contributed by atoms with E-state index < -0.39 is 36.3 Å². The Kier molecular flexibility index (Phi) is 6.93. The first-order valence-electron chi connectivity index (χ1n) is 9.13. The maximum absolute atomic E-state index is 13.2. The van der Waals surface area contributed by atoms with Crippen LogP contribution in [-0.4, -0.2) is 34.9 Å². The minimum absolute atomic E-state index is 0.0268. The molecule has 0 unspecified atom stereocenters. The number of benzene rings is 1. The Hall–Kier alpha value is -3.16. The predicted molar refractivity (Wildman–Crippen MR) is 99.1 cm³/mol. The number of hydrogen-bond acceptors (Lipinski definition) is 5. The van der Waals surface area contributed by atoms with E-state index in [0.29, 0.717) is 0 Å². The minimum Gasteiger partial charge on any atom is -0.461 e. The lowest BCUT2D eigenvalue weighted by Crippen LogP contribution is -2.34. The van der Waals surface area contributed by atoms with Gasteiger partial charge >= 0.3 is 18.8 Å². The number of alkyl halides is 5. The van der Waals surface area contributed by atoms with Crippen molar-refractivity contribution in [2.45, 2.75) is 46.9 Å². The molecule has 0 aliphatic rings. The van der Waals surface area contributed by atoms with Gasteiger partial charge < -0.3 is 9.47 Å². The number of nitriles is 1. The van der Waals surface area contributed by atoms with Crippen molar-refractivity contribution in [1.82, 2.24) is 9.55 Å². The van der Waals surface area contributed by atoms with E-state index in [2.05, 4.69) is 9.72 Å². The molecule has 0 fully saturated rings. The molecule has 6 nitrogen and oxygen atoms in total. The fourth-order valence-corrected chi connectivity index (χ4v) is 2.93. The Morgan fingerprint density at radius 2 is 1.94 bits per heavy atom. The Morgan fingerprint density at radius 1 is 1.29 bits per heavy atom. The molecule has 2 aromatic rings. The first-order valence-corrected chi connectivity index (χ1v) is 9.13. The molecule has 1 aromatic carbocycles. The van der Waals surface area contributed by atoms with Crippen molar-refractivity contribution >= 4 is 5.97 Å². The number of carbonyl (C=O) groups is 1. The van der Waals surface area contributed by atoms with Crippen LogP contribution in [0.15, 0.2) is 18.2 Å². The van der Waals surface area contributed by atoms with E-state index in [0.717, 1.165) is 24.5 Å². The molecule has 31 heavy (non-hydrogen) atoms. The highest BCUT2D eigenvalue weighted by Gasteiger charge is 2.47. The molecule has 0 bridgehead atoms. The lowest BCUT2D eigenvalue weighted by atomic mass is 9.85. The maximum atomic E-state index is 13.2. The fraction of sp³-hybridized carbons (Fsp3) is 0.450. The highest BCUT2D eigenvalue weighted by molar-refractivity contribution is 5.90. The summed E-state index contributed by atoms with van der Waals surface area (Å²) in [5.74, 6) is -1.24. The van der Waals surface area contributed by atoms with Gasteiger partial charge in [-0.1, -0.05) is 19.9 Å². The third kappa shape index (κ3) is 5.13.